The summed E-state index contributed by atoms with van der Waals surface area (Å²) in [7, 11) is 1.83. The minimum atomic E-state index is -0.0775. The van der Waals surface area contributed by atoms with Crippen LogP contribution in [0.5, 0.6) is 0 Å². The Labute approximate surface area is 152 Å². The zero-order chi connectivity index (χ0) is 17.7. The van der Waals surface area contributed by atoms with Gasteiger partial charge in [-0.3, -0.25) is 4.79 Å². The van der Waals surface area contributed by atoms with Gasteiger partial charge < -0.3 is 10.6 Å². The zero-order valence-corrected chi connectivity index (χ0v) is 16.3. The zero-order valence-electron chi connectivity index (χ0n) is 14.7. The number of hydrogen-bond donors (Lipinski definition) is 1. The van der Waals surface area contributed by atoms with E-state index in [1.54, 1.807) is 28.0 Å². The van der Waals surface area contributed by atoms with Crippen LogP contribution in [0.15, 0.2) is 34.5 Å². The molecule has 2 rings (SSSR count). The van der Waals surface area contributed by atoms with Crippen molar-refractivity contribution in [2.24, 2.45) is 11.1 Å². The van der Waals surface area contributed by atoms with Crippen LogP contribution in [0.4, 0.5) is 0 Å². The monoisotopic (exact) mass is 363 g/mol. The van der Waals surface area contributed by atoms with E-state index in [4.69, 9.17) is 5.73 Å². The van der Waals surface area contributed by atoms with Crippen LogP contribution in [0.1, 0.15) is 34.9 Å². The van der Waals surface area contributed by atoms with Crippen LogP contribution in [0.2, 0.25) is 0 Å². The quantitative estimate of drug-likeness (QED) is 0.760. The van der Waals surface area contributed by atoms with Crippen molar-refractivity contribution in [2.45, 2.75) is 31.4 Å². The van der Waals surface area contributed by atoms with E-state index >= 15 is 0 Å². The Balaban J connectivity index is 1.94. The highest BCUT2D eigenvalue weighted by atomic mass is 32.2. The summed E-state index contributed by atoms with van der Waals surface area (Å²) < 4.78 is 0. The Hall–Kier alpha value is -1.37. The Morgan fingerprint density at radius 2 is 2.00 bits per heavy atom. The van der Waals surface area contributed by atoms with E-state index in [0.29, 0.717) is 18.7 Å². The minimum Gasteiger partial charge on any atom is -0.341 e. The first-order valence-corrected chi connectivity index (χ1v) is 9.77. The maximum atomic E-state index is 12.5. The first-order valence-electron chi connectivity index (χ1n) is 7.90. The molecule has 24 heavy (non-hydrogen) atoms. The lowest BCUT2D eigenvalue weighted by atomic mass is 9.93. The molecule has 6 heteroatoms. The maximum absolute atomic E-state index is 12.5. The first-order chi connectivity index (χ1) is 11.3. The van der Waals surface area contributed by atoms with Crippen molar-refractivity contribution in [3.8, 4) is 0 Å². The van der Waals surface area contributed by atoms with Gasteiger partial charge in [0, 0.05) is 35.2 Å². The van der Waals surface area contributed by atoms with Gasteiger partial charge in [-0.15, -0.1) is 23.1 Å². The van der Waals surface area contributed by atoms with Crippen LogP contribution in [-0.4, -0.2) is 35.9 Å². The number of carbonyl (C=O) groups is 1. The molecular formula is C18H25N3OS2. The highest BCUT2D eigenvalue weighted by Crippen LogP contribution is 2.24. The van der Waals surface area contributed by atoms with Crippen molar-refractivity contribution in [1.29, 1.82) is 0 Å². The molecule has 0 bridgehead atoms. The maximum Gasteiger partial charge on any atom is 0.253 e. The van der Waals surface area contributed by atoms with Gasteiger partial charge >= 0.3 is 0 Å². The van der Waals surface area contributed by atoms with Crippen molar-refractivity contribution in [3.63, 3.8) is 0 Å². The van der Waals surface area contributed by atoms with E-state index in [9.17, 15) is 4.79 Å². The van der Waals surface area contributed by atoms with Gasteiger partial charge in [0.05, 0.1) is 10.7 Å². The molecule has 0 saturated carbocycles. The normalized spacial score (nSPS) is 11.5. The van der Waals surface area contributed by atoms with Crippen molar-refractivity contribution >= 4 is 29.0 Å². The molecule has 0 atom stereocenters. The second-order valence-corrected chi connectivity index (χ2v) is 8.81. The lowest BCUT2D eigenvalue weighted by molar-refractivity contribution is 0.0740. The number of aryl methyl sites for hydroxylation is 1. The molecule has 1 aromatic carbocycles. The average Bonchev–Trinajstić information content (AvgIpc) is 2.98. The van der Waals surface area contributed by atoms with Crippen LogP contribution in [0.25, 0.3) is 0 Å². The number of nitrogens with two attached hydrogens (primary N) is 1. The standard InChI is InChI=1S/C18H25N3OS2/c1-13-20-15(9-23-13)10-24-16-7-5-14(6-8-16)17(22)21(4)12-18(2,3)11-19/h5-9H,10-12,19H2,1-4H3. The van der Waals surface area contributed by atoms with Crippen LogP contribution in [0, 0.1) is 12.3 Å². The smallest absolute Gasteiger partial charge is 0.253 e. The van der Waals surface area contributed by atoms with E-state index in [1.807, 2.05) is 38.2 Å². The Morgan fingerprint density at radius 3 is 2.54 bits per heavy atom. The fourth-order valence-electron chi connectivity index (χ4n) is 2.32. The first kappa shape index (κ1) is 19.0. The van der Waals surface area contributed by atoms with Gasteiger partial charge in [-0.05, 0) is 43.1 Å². The summed E-state index contributed by atoms with van der Waals surface area (Å²) >= 11 is 3.40. The molecule has 1 heterocycles. The van der Waals surface area contributed by atoms with E-state index < -0.39 is 0 Å². The van der Waals surface area contributed by atoms with E-state index in [-0.39, 0.29) is 11.3 Å². The van der Waals surface area contributed by atoms with Crippen molar-refractivity contribution < 1.29 is 4.79 Å². The molecule has 0 aliphatic rings. The molecule has 0 saturated heterocycles. The SMILES string of the molecule is Cc1nc(CSc2ccc(C(=O)N(C)CC(C)(C)CN)cc2)cs1. The molecule has 4 nitrogen and oxygen atoms in total. The third kappa shape index (κ3) is 5.33. The third-order valence-electron chi connectivity index (χ3n) is 3.72. The molecule has 0 unspecified atom stereocenters. The molecular weight excluding hydrogens is 338 g/mol. The number of amides is 1. The predicted octanol–water partition coefficient (Wildman–Crippen LogP) is 3.80. The van der Waals surface area contributed by atoms with Crippen molar-refractivity contribution in [2.75, 3.05) is 20.1 Å². The molecule has 2 N–H and O–H groups in total. The molecule has 0 radical (unpaired) electrons. The summed E-state index contributed by atoms with van der Waals surface area (Å²) in [6, 6.07) is 7.78. The van der Waals surface area contributed by atoms with Gasteiger partial charge in [0.25, 0.3) is 5.91 Å². The lowest BCUT2D eigenvalue weighted by Gasteiger charge is -2.29. The van der Waals surface area contributed by atoms with E-state index in [1.165, 1.54) is 0 Å². The van der Waals surface area contributed by atoms with Gasteiger partial charge in [-0.25, -0.2) is 4.98 Å². The van der Waals surface area contributed by atoms with Gasteiger partial charge in [-0.1, -0.05) is 13.8 Å². The van der Waals surface area contributed by atoms with E-state index in [2.05, 4.69) is 24.2 Å². The third-order valence-corrected chi connectivity index (χ3v) is 5.59. The van der Waals surface area contributed by atoms with Crippen LogP contribution in [-0.2, 0) is 5.75 Å². The topological polar surface area (TPSA) is 59.2 Å². The fraction of sp³-hybridized carbons (Fsp3) is 0.444. The highest BCUT2D eigenvalue weighted by molar-refractivity contribution is 7.98. The summed E-state index contributed by atoms with van der Waals surface area (Å²) in [6.07, 6.45) is 0. The summed E-state index contributed by atoms with van der Waals surface area (Å²) in [5, 5.41) is 3.18. The number of thiazole rings is 1. The molecule has 2 aromatic rings. The summed E-state index contributed by atoms with van der Waals surface area (Å²) in [5.41, 5.74) is 7.48. The lowest BCUT2D eigenvalue weighted by Crippen LogP contribution is -2.39. The molecule has 0 fully saturated rings. The van der Waals surface area contributed by atoms with Crippen molar-refractivity contribution in [3.05, 3.63) is 45.9 Å². The number of benzene rings is 1. The Kier molecular flexibility index (Phi) is 6.43. The van der Waals surface area contributed by atoms with Crippen molar-refractivity contribution in [1.82, 2.24) is 9.88 Å². The molecule has 0 aliphatic heterocycles. The Bertz CT molecular complexity index is 680. The number of aromatic nitrogens is 1. The van der Waals surface area contributed by atoms with Gasteiger partial charge in [0.15, 0.2) is 0 Å². The molecule has 0 spiro atoms. The number of thioether (sulfide) groups is 1. The largest absolute Gasteiger partial charge is 0.341 e. The molecule has 0 aliphatic carbocycles. The highest BCUT2D eigenvalue weighted by Gasteiger charge is 2.21. The van der Waals surface area contributed by atoms with E-state index in [0.717, 1.165) is 21.3 Å². The second kappa shape index (κ2) is 8.14. The van der Waals surface area contributed by atoms with Gasteiger partial charge in [-0.2, -0.15) is 0 Å². The second-order valence-electron chi connectivity index (χ2n) is 6.70. The number of hydrogen-bond acceptors (Lipinski definition) is 5. The minimum absolute atomic E-state index is 0.0307. The van der Waals surface area contributed by atoms with Crippen LogP contribution < -0.4 is 5.73 Å². The number of nitrogens with zero attached hydrogens (tertiary/aromatic N) is 2. The molecule has 1 aromatic heterocycles. The Morgan fingerprint density at radius 1 is 1.33 bits per heavy atom. The number of carbonyl (C=O) groups excluding carboxylic acids is 1. The van der Waals surface area contributed by atoms with Crippen LogP contribution >= 0.6 is 23.1 Å². The molecule has 130 valence electrons. The van der Waals surface area contributed by atoms with Gasteiger partial charge in [0.2, 0.25) is 0 Å². The summed E-state index contributed by atoms with van der Waals surface area (Å²) in [6.45, 7) is 7.34. The van der Waals surface area contributed by atoms with Gasteiger partial charge in [0.1, 0.15) is 0 Å². The molecule has 1 amide bonds. The predicted molar refractivity (Wildman–Crippen MR) is 103 cm³/mol. The number of rotatable bonds is 7. The summed E-state index contributed by atoms with van der Waals surface area (Å²) in [5.74, 6) is 0.880. The van der Waals surface area contributed by atoms with Crippen LogP contribution in [0.3, 0.4) is 0 Å². The fourth-order valence-corrected chi connectivity index (χ4v) is 3.83. The summed E-state index contributed by atoms with van der Waals surface area (Å²) in [4.78, 5) is 19.8. The average molecular weight is 364 g/mol.